The number of hydrogen-bond acceptors (Lipinski definition) is 4. The number of hydrogen-bond donors (Lipinski definition) is 2. The van der Waals surface area contributed by atoms with Gasteiger partial charge < -0.3 is 10.4 Å². The first-order valence-corrected chi connectivity index (χ1v) is 8.65. The minimum atomic E-state index is -1.24. The molecule has 0 bridgehead atoms. The number of amides is 1. The third-order valence-electron chi connectivity index (χ3n) is 4.50. The van der Waals surface area contributed by atoms with Crippen LogP contribution in [0.3, 0.4) is 0 Å². The SMILES string of the molecule is O=C(O)NC(c1nc2c(F)ccc(Cl)c2c(=O)n1-c1cccnc1)C1CC1. The molecule has 2 aromatic heterocycles. The average Bonchev–Trinajstić information content (AvgIpc) is 3.48. The summed E-state index contributed by atoms with van der Waals surface area (Å²) in [6.45, 7) is 0. The molecule has 1 amide bonds. The minimum Gasteiger partial charge on any atom is -0.465 e. The van der Waals surface area contributed by atoms with Crippen molar-refractivity contribution >= 4 is 28.6 Å². The van der Waals surface area contributed by atoms with Gasteiger partial charge in [0.1, 0.15) is 17.2 Å². The van der Waals surface area contributed by atoms with Crippen LogP contribution in [0.2, 0.25) is 5.02 Å². The first-order valence-electron chi connectivity index (χ1n) is 8.28. The molecule has 0 radical (unpaired) electrons. The Labute approximate surface area is 157 Å². The number of benzene rings is 1. The van der Waals surface area contributed by atoms with Gasteiger partial charge in [-0.2, -0.15) is 0 Å². The summed E-state index contributed by atoms with van der Waals surface area (Å²) in [5, 5.41) is 11.7. The van der Waals surface area contributed by atoms with Crippen LogP contribution in [0, 0.1) is 11.7 Å². The number of pyridine rings is 1. The van der Waals surface area contributed by atoms with Crippen LogP contribution in [0.25, 0.3) is 16.6 Å². The van der Waals surface area contributed by atoms with Gasteiger partial charge in [0.05, 0.1) is 28.3 Å². The van der Waals surface area contributed by atoms with Crippen LogP contribution >= 0.6 is 11.6 Å². The van der Waals surface area contributed by atoms with Gasteiger partial charge in [0.25, 0.3) is 5.56 Å². The first kappa shape index (κ1) is 17.4. The van der Waals surface area contributed by atoms with Gasteiger partial charge in [-0.05, 0) is 43.0 Å². The molecule has 2 N–H and O–H groups in total. The predicted molar refractivity (Wildman–Crippen MR) is 96.7 cm³/mol. The Hall–Kier alpha value is -3.00. The van der Waals surface area contributed by atoms with E-state index in [4.69, 9.17) is 11.6 Å². The zero-order chi connectivity index (χ0) is 19.1. The molecule has 3 aromatic rings. The van der Waals surface area contributed by atoms with Crippen LogP contribution in [0.4, 0.5) is 9.18 Å². The lowest BCUT2D eigenvalue weighted by Gasteiger charge is -2.21. The Morgan fingerprint density at radius 1 is 1.37 bits per heavy atom. The summed E-state index contributed by atoms with van der Waals surface area (Å²) in [7, 11) is 0. The van der Waals surface area contributed by atoms with Crippen LogP contribution < -0.4 is 10.9 Å². The quantitative estimate of drug-likeness (QED) is 0.714. The fraction of sp³-hybridized carbons (Fsp3) is 0.222. The number of rotatable bonds is 4. The second-order valence-electron chi connectivity index (χ2n) is 6.34. The van der Waals surface area contributed by atoms with Gasteiger partial charge in [-0.1, -0.05) is 11.6 Å². The van der Waals surface area contributed by atoms with E-state index in [0.29, 0.717) is 5.69 Å². The van der Waals surface area contributed by atoms with Crippen molar-refractivity contribution in [3.8, 4) is 5.69 Å². The largest absolute Gasteiger partial charge is 0.465 e. The number of carbonyl (C=O) groups is 1. The zero-order valence-electron chi connectivity index (χ0n) is 13.9. The average molecular weight is 389 g/mol. The fourth-order valence-electron chi connectivity index (χ4n) is 3.13. The van der Waals surface area contributed by atoms with Gasteiger partial charge in [-0.25, -0.2) is 14.2 Å². The number of carboxylic acid groups (broad SMARTS) is 1. The van der Waals surface area contributed by atoms with Gasteiger partial charge in [0, 0.05) is 6.20 Å². The van der Waals surface area contributed by atoms with Crippen molar-refractivity contribution in [1.82, 2.24) is 19.9 Å². The highest BCUT2D eigenvalue weighted by molar-refractivity contribution is 6.35. The van der Waals surface area contributed by atoms with Crippen LogP contribution in [0.15, 0.2) is 41.5 Å². The summed E-state index contributed by atoms with van der Waals surface area (Å²) in [4.78, 5) is 32.9. The maximum absolute atomic E-state index is 14.4. The van der Waals surface area contributed by atoms with E-state index < -0.39 is 23.5 Å². The molecule has 1 aromatic carbocycles. The Morgan fingerprint density at radius 2 is 2.15 bits per heavy atom. The monoisotopic (exact) mass is 388 g/mol. The molecule has 0 aliphatic heterocycles. The van der Waals surface area contributed by atoms with E-state index in [1.807, 2.05) is 0 Å². The Bertz CT molecular complexity index is 1100. The molecule has 1 atom stereocenters. The molecule has 1 unspecified atom stereocenters. The molecule has 2 heterocycles. The molecule has 4 rings (SSSR count). The minimum absolute atomic E-state index is 0.0179. The lowest BCUT2D eigenvalue weighted by atomic mass is 10.1. The molecule has 9 heteroatoms. The summed E-state index contributed by atoms with van der Waals surface area (Å²) >= 11 is 6.14. The van der Waals surface area contributed by atoms with Gasteiger partial charge in [-0.3, -0.25) is 14.3 Å². The van der Waals surface area contributed by atoms with Crippen LogP contribution in [-0.2, 0) is 0 Å². The number of nitrogens with one attached hydrogen (secondary N) is 1. The summed E-state index contributed by atoms with van der Waals surface area (Å²) in [6, 6.07) is 4.96. The third-order valence-corrected chi connectivity index (χ3v) is 4.82. The molecular weight excluding hydrogens is 375 g/mol. The number of aromatic nitrogens is 3. The standard InChI is InChI=1S/C18H14ClFN4O3/c19-11-5-6-12(20)15-13(11)17(25)24(10-2-1-7-21-8-10)16(22-15)14(9-3-4-9)23-18(26)27/h1-2,5-9,14,23H,3-4H2,(H,26,27). The van der Waals surface area contributed by atoms with Crippen molar-refractivity contribution in [3.63, 3.8) is 0 Å². The molecule has 138 valence electrons. The molecule has 1 saturated carbocycles. The van der Waals surface area contributed by atoms with E-state index in [1.54, 1.807) is 18.3 Å². The Morgan fingerprint density at radius 3 is 2.78 bits per heavy atom. The molecular formula is C18H14ClFN4O3. The van der Waals surface area contributed by atoms with Crippen molar-refractivity contribution in [1.29, 1.82) is 0 Å². The molecule has 1 aliphatic carbocycles. The van der Waals surface area contributed by atoms with E-state index in [0.717, 1.165) is 18.9 Å². The van der Waals surface area contributed by atoms with Gasteiger partial charge in [0.15, 0.2) is 0 Å². The van der Waals surface area contributed by atoms with Crippen LogP contribution in [-0.4, -0.2) is 25.7 Å². The number of halogens is 2. The molecule has 7 nitrogen and oxygen atoms in total. The lowest BCUT2D eigenvalue weighted by molar-refractivity contribution is 0.187. The van der Waals surface area contributed by atoms with Crippen molar-refractivity contribution in [2.24, 2.45) is 5.92 Å². The fourth-order valence-corrected chi connectivity index (χ4v) is 3.37. The third kappa shape index (κ3) is 3.12. The highest BCUT2D eigenvalue weighted by Gasteiger charge is 2.37. The maximum Gasteiger partial charge on any atom is 0.405 e. The van der Waals surface area contributed by atoms with Crippen LogP contribution in [0.5, 0.6) is 0 Å². The second-order valence-corrected chi connectivity index (χ2v) is 6.75. The summed E-state index contributed by atoms with van der Waals surface area (Å²) in [6.07, 6.45) is 3.32. The van der Waals surface area contributed by atoms with E-state index in [9.17, 15) is 19.1 Å². The number of nitrogens with zero attached hydrogens (tertiary/aromatic N) is 3. The molecule has 0 saturated heterocycles. The highest BCUT2D eigenvalue weighted by Crippen LogP contribution is 2.41. The van der Waals surface area contributed by atoms with E-state index in [1.165, 1.54) is 16.8 Å². The predicted octanol–water partition coefficient (Wildman–Crippen LogP) is 3.29. The molecule has 1 aliphatic rings. The zero-order valence-corrected chi connectivity index (χ0v) is 14.7. The van der Waals surface area contributed by atoms with Crippen molar-refractivity contribution in [2.45, 2.75) is 18.9 Å². The van der Waals surface area contributed by atoms with Crippen molar-refractivity contribution in [3.05, 3.63) is 63.7 Å². The normalized spacial score (nSPS) is 14.9. The highest BCUT2D eigenvalue weighted by atomic mass is 35.5. The van der Waals surface area contributed by atoms with Gasteiger partial charge >= 0.3 is 6.09 Å². The van der Waals surface area contributed by atoms with E-state index >= 15 is 0 Å². The van der Waals surface area contributed by atoms with Crippen molar-refractivity contribution in [2.75, 3.05) is 0 Å². The second kappa shape index (κ2) is 6.62. The smallest absolute Gasteiger partial charge is 0.405 e. The van der Waals surface area contributed by atoms with E-state index in [-0.39, 0.29) is 27.7 Å². The first-order chi connectivity index (χ1) is 13.0. The molecule has 27 heavy (non-hydrogen) atoms. The summed E-state index contributed by atoms with van der Waals surface area (Å²) < 4.78 is 15.6. The van der Waals surface area contributed by atoms with Gasteiger partial charge in [0.2, 0.25) is 0 Å². The molecule has 0 spiro atoms. The Balaban J connectivity index is 2.08. The maximum atomic E-state index is 14.4. The van der Waals surface area contributed by atoms with E-state index in [2.05, 4.69) is 15.3 Å². The summed E-state index contributed by atoms with van der Waals surface area (Å²) in [5.74, 6) is -0.599. The number of fused-ring (bicyclic) bond motifs is 1. The van der Waals surface area contributed by atoms with Gasteiger partial charge in [-0.15, -0.1) is 0 Å². The van der Waals surface area contributed by atoms with Crippen LogP contribution in [0.1, 0.15) is 24.7 Å². The van der Waals surface area contributed by atoms with Crippen molar-refractivity contribution < 1.29 is 14.3 Å². The molecule has 1 fully saturated rings. The topological polar surface area (TPSA) is 97.1 Å². The summed E-state index contributed by atoms with van der Waals surface area (Å²) in [5.41, 5.74) is -0.365. The Kier molecular flexibility index (Phi) is 4.27. The lowest BCUT2D eigenvalue weighted by Crippen LogP contribution is -2.35.